The average molecular weight is 411 g/mol. The Morgan fingerprint density at radius 1 is 1.12 bits per heavy atom. The van der Waals surface area contributed by atoms with Crippen LogP contribution in [0.1, 0.15) is 12.5 Å². The van der Waals surface area contributed by atoms with Gasteiger partial charge in [0.2, 0.25) is 10.0 Å². The smallest absolute Gasteiger partial charge is 0.244 e. The molecule has 0 radical (unpaired) electrons. The second kappa shape index (κ2) is 7.07. The van der Waals surface area contributed by atoms with E-state index in [2.05, 4.69) is 4.72 Å². The lowest BCUT2D eigenvalue weighted by atomic mass is 9.96. The molecule has 0 aromatic heterocycles. The Labute approximate surface area is 154 Å². The van der Waals surface area contributed by atoms with E-state index >= 15 is 0 Å². The SMILES string of the molecule is CC(O)(CNS(=O)(=O)c1cc(Cl)cc(Cl)c1O)c1cccc(Cl)c1. The Bertz CT molecular complexity index is 869. The summed E-state index contributed by atoms with van der Waals surface area (Å²) in [6.07, 6.45) is 0. The zero-order valence-corrected chi connectivity index (χ0v) is 15.5. The highest BCUT2D eigenvalue weighted by atomic mass is 35.5. The lowest BCUT2D eigenvalue weighted by Gasteiger charge is -2.24. The summed E-state index contributed by atoms with van der Waals surface area (Å²) in [5, 5.41) is 20.6. The van der Waals surface area contributed by atoms with Crippen LogP contribution >= 0.6 is 34.8 Å². The maximum absolute atomic E-state index is 12.4. The van der Waals surface area contributed by atoms with Gasteiger partial charge in [0.25, 0.3) is 0 Å². The third kappa shape index (κ3) is 4.33. The van der Waals surface area contributed by atoms with E-state index in [0.717, 1.165) is 6.07 Å². The predicted octanol–water partition coefficient (Wildman–Crippen LogP) is 3.54. The summed E-state index contributed by atoms with van der Waals surface area (Å²) in [4.78, 5) is -0.470. The first kappa shape index (κ1) is 19.3. The summed E-state index contributed by atoms with van der Waals surface area (Å²) in [7, 11) is -4.15. The quantitative estimate of drug-likeness (QED) is 0.703. The summed E-state index contributed by atoms with van der Waals surface area (Å²) in [5.74, 6) is -0.615. The maximum atomic E-state index is 12.4. The molecule has 0 saturated heterocycles. The van der Waals surface area contributed by atoms with Gasteiger partial charge in [-0.05, 0) is 36.8 Å². The Kier molecular flexibility index (Phi) is 5.69. The number of aromatic hydroxyl groups is 1. The highest BCUT2D eigenvalue weighted by Crippen LogP contribution is 2.34. The van der Waals surface area contributed by atoms with Crippen molar-refractivity contribution in [2.45, 2.75) is 17.4 Å². The van der Waals surface area contributed by atoms with E-state index in [-0.39, 0.29) is 16.6 Å². The van der Waals surface area contributed by atoms with E-state index in [1.54, 1.807) is 18.2 Å². The number of rotatable bonds is 5. The number of benzene rings is 2. The van der Waals surface area contributed by atoms with Crippen LogP contribution in [-0.2, 0) is 15.6 Å². The van der Waals surface area contributed by atoms with E-state index in [9.17, 15) is 18.6 Å². The number of phenolic OH excluding ortho intramolecular Hbond substituents is 1. The number of hydrogen-bond acceptors (Lipinski definition) is 4. The van der Waals surface area contributed by atoms with E-state index in [4.69, 9.17) is 34.8 Å². The lowest BCUT2D eigenvalue weighted by Crippen LogP contribution is -2.38. The molecule has 24 heavy (non-hydrogen) atoms. The number of nitrogens with one attached hydrogen (secondary N) is 1. The van der Waals surface area contributed by atoms with Crippen LogP contribution < -0.4 is 4.72 Å². The molecular weight excluding hydrogens is 397 g/mol. The Morgan fingerprint density at radius 2 is 1.79 bits per heavy atom. The van der Waals surface area contributed by atoms with Crippen LogP contribution in [0.15, 0.2) is 41.3 Å². The molecule has 0 aliphatic rings. The molecule has 2 rings (SSSR count). The number of phenols is 1. The molecule has 0 fully saturated rings. The van der Waals surface area contributed by atoms with Gasteiger partial charge < -0.3 is 10.2 Å². The molecule has 0 amide bonds. The summed E-state index contributed by atoms with van der Waals surface area (Å²) >= 11 is 17.4. The summed E-state index contributed by atoms with van der Waals surface area (Å²) in [5.41, 5.74) is -1.08. The monoisotopic (exact) mass is 409 g/mol. The fourth-order valence-electron chi connectivity index (χ4n) is 1.99. The first-order valence-corrected chi connectivity index (χ1v) is 9.31. The first-order chi connectivity index (χ1) is 11.0. The molecular formula is C15H14Cl3NO4S. The highest BCUT2D eigenvalue weighted by Gasteiger charge is 2.28. The molecule has 3 N–H and O–H groups in total. The van der Waals surface area contributed by atoms with Crippen LogP contribution in [0.2, 0.25) is 15.1 Å². The van der Waals surface area contributed by atoms with E-state index < -0.39 is 26.3 Å². The van der Waals surface area contributed by atoms with Gasteiger partial charge >= 0.3 is 0 Å². The van der Waals surface area contributed by atoms with Gasteiger partial charge in [-0.15, -0.1) is 0 Å². The normalized spacial score (nSPS) is 14.4. The molecule has 0 aliphatic carbocycles. The third-order valence-electron chi connectivity index (χ3n) is 3.34. The van der Waals surface area contributed by atoms with Crippen LogP contribution in [0.3, 0.4) is 0 Å². The van der Waals surface area contributed by atoms with Crippen LogP contribution in [0.4, 0.5) is 0 Å². The predicted molar refractivity (Wildman–Crippen MR) is 94.3 cm³/mol. The molecule has 2 aromatic rings. The fraction of sp³-hybridized carbons (Fsp3) is 0.200. The Morgan fingerprint density at radius 3 is 2.42 bits per heavy atom. The van der Waals surface area contributed by atoms with Gasteiger partial charge in [-0.25, -0.2) is 13.1 Å². The number of aliphatic hydroxyl groups is 1. The van der Waals surface area contributed by atoms with Crippen molar-refractivity contribution in [3.63, 3.8) is 0 Å². The molecule has 0 bridgehead atoms. The maximum Gasteiger partial charge on any atom is 0.244 e. The summed E-state index contributed by atoms with van der Waals surface area (Å²) in [6, 6.07) is 8.72. The highest BCUT2D eigenvalue weighted by molar-refractivity contribution is 7.89. The molecule has 0 aliphatic heterocycles. The van der Waals surface area contributed by atoms with Gasteiger partial charge in [0.15, 0.2) is 5.75 Å². The van der Waals surface area contributed by atoms with Crippen molar-refractivity contribution in [3.8, 4) is 5.75 Å². The van der Waals surface area contributed by atoms with Gasteiger partial charge in [0.05, 0.1) is 5.02 Å². The van der Waals surface area contributed by atoms with E-state index in [1.165, 1.54) is 19.1 Å². The van der Waals surface area contributed by atoms with Gasteiger partial charge in [0.1, 0.15) is 10.5 Å². The standard InChI is InChI=1S/C15H14Cl3NO4S/c1-15(21,9-3-2-4-10(16)5-9)8-19-24(22,23)13-7-11(17)6-12(18)14(13)20/h2-7,19-21H,8H2,1H3. The van der Waals surface area contributed by atoms with Crippen molar-refractivity contribution in [1.29, 1.82) is 0 Å². The largest absolute Gasteiger partial charge is 0.505 e. The number of halogens is 3. The first-order valence-electron chi connectivity index (χ1n) is 6.69. The zero-order chi connectivity index (χ0) is 18.1. The summed E-state index contributed by atoms with van der Waals surface area (Å²) < 4.78 is 27.0. The van der Waals surface area contributed by atoms with Crippen molar-refractivity contribution in [1.82, 2.24) is 4.72 Å². The molecule has 5 nitrogen and oxygen atoms in total. The molecule has 1 atom stereocenters. The van der Waals surface area contributed by atoms with Gasteiger partial charge in [-0.2, -0.15) is 0 Å². The topological polar surface area (TPSA) is 86.6 Å². The fourth-order valence-corrected chi connectivity index (χ4v) is 4.06. The van der Waals surface area contributed by atoms with E-state index in [1.807, 2.05) is 0 Å². The Hall–Kier alpha value is -1.02. The number of sulfonamides is 1. The van der Waals surface area contributed by atoms with Gasteiger partial charge in [0, 0.05) is 16.6 Å². The second-order valence-electron chi connectivity index (χ2n) is 5.34. The average Bonchev–Trinajstić information content (AvgIpc) is 2.49. The third-order valence-corrected chi connectivity index (χ3v) is 5.49. The summed E-state index contributed by atoms with van der Waals surface area (Å²) in [6.45, 7) is 1.09. The molecule has 130 valence electrons. The van der Waals surface area contributed by atoms with Crippen LogP contribution in [0, 0.1) is 0 Å². The lowest BCUT2D eigenvalue weighted by molar-refractivity contribution is 0.0627. The molecule has 1 unspecified atom stereocenters. The van der Waals surface area contributed by atoms with Gasteiger partial charge in [-0.1, -0.05) is 46.9 Å². The van der Waals surface area contributed by atoms with Gasteiger partial charge in [-0.3, -0.25) is 0 Å². The van der Waals surface area contributed by atoms with Crippen LogP contribution in [0.25, 0.3) is 0 Å². The van der Waals surface area contributed by atoms with Crippen LogP contribution in [-0.4, -0.2) is 25.2 Å². The second-order valence-corrected chi connectivity index (χ2v) is 8.36. The minimum absolute atomic E-state index is 0.0553. The van der Waals surface area contributed by atoms with Crippen LogP contribution in [0.5, 0.6) is 5.75 Å². The Balaban J connectivity index is 2.27. The van der Waals surface area contributed by atoms with E-state index in [0.29, 0.717) is 10.6 Å². The zero-order valence-electron chi connectivity index (χ0n) is 12.4. The molecule has 0 heterocycles. The van der Waals surface area contributed by atoms with Crippen molar-refractivity contribution < 1.29 is 18.6 Å². The molecule has 2 aromatic carbocycles. The molecule has 9 heteroatoms. The minimum Gasteiger partial charge on any atom is -0.505 e. The number of hydrogen-bond donors (Lipinski definition) is 3. The minimum atomic E-state index is -4.15. The van der Waals surface area contributed by atoms with Crippen molar-refractivity contribution in [2.75, 3.05) is 6.54 Å². The van der Waals surface area contributed by atoms with Crippen molar-refractivity contribution >= 4 is 44.8 Å². The molecule has 0 saturated carbocycles. The van der Waals surface area contributed by atoms with Crippen molar-refractivity contribution in [2.24, 2.45) is 0 Å². The van der Waals surface area contributed by atoms with Crippen molar-refractivity contribution in [3.05, 3.63) is 57.0 Å². The molecule has 0 spiro atoms.